The fourth-order valence-corrected chi connectivity index (χ4v) is 3.07. The molecule has 126 valence electrons. The maximum atomic E-state index is 8.82. The van der Waals surface area contributed by atoms with Crippen LogP contribution in [0.3, 0.4) is 0 Å². The van der Waals surface area contributed by atoms with Crippen LogP contribution >= 0.6 is 0 Å². The third kappa shape index (κ3) is 5.10. The molecule has 0 aromatic heterocycles. The van der Waals surface area contributed by atoms with E-state index in [2.05, 4.69) is 44.2 Å². The summed E-state index contributed by atoms with van der Waals surface area (Å²) in [7, 11) is 0. The highest BCUT2D eigenvalue weighted by Gasteiger charge is 2.31. The number of nitrogens with zero attached hydrogens (tertiary/aromatic N) is 4. The molecule has 0 radical (unpaired) electrons. The number of benzene rings is 2. The lowest BCUT2D eigenvalue weighted by Crippen LogP contribution is -2.38. The van der Waals surface area contributed by atoms with Crippen molar-refractivity contribution < 1.29 is 0 Å². The molecule has 2 aromatic rings. The monoisotopic (exact) mass is 331 g/mol. The van der Waals surface area contributed by atoms with Gasteiger partial charge < -0.3 is 5.32 Å². The molecule has 5 nitrogen and oxygen atoms in total. The Balaban J connectivity index is 1.56. The Morgan fingerprint density at radius 1 is 1.08 bits per heavy atom. The summed E-state index contributed by atoms with van der Waals surface area (Å²) in [5.74, 6) is 6.28. The molecule has 1 fully saturated rings. The Labute approximate surface area is 148 Å². The van der Waals surface area contributed by atoms with Crippen LogP contribution in [0.15, 0.2) is 65.8 Å². The minimum absolute atomic E-state index is 0.0627. The predicted molar refractivity (Wildman–Crippen MR) is 99.8 cm³/mol. The number of hydrogen-bond donors (Lipinski definition) is 1. The molecule has 1 heterocycles. The minimum atomic E-state index is -0.0627. The average molecular weight is 331 g/mol. The van der Waals surface area contributed by atoms with Crippen molar-refractivity contribution in [2.75, 3.05) is 19.6 Å². The second-order valence-corrected chi connectivity index (χ2v) is 6.11. The van der Waals surface area contributed by atoms with Gasteiger partial charge in [0.15, 0.2) is 0 Å². The number of hydrogen-bond acceptors (Lipinski definition) is 3. The zero-order valence-corrected chi connectivity index (χ0v) is 14.0. The minimum Gasteiger partial charge on any atom is -0.302 e. The summed E-state index contributed by atoms with van der Waals surface area (Å²) in [6, 6.07) is 20.3. The summed E-state index contributed by atoms with van der Waals surface area (Å²) in [5.41, 5.74) is 11.1. The average Bonchev–Trinajstić information content (AvgIpc) is 3.02. The van der Waals surface area contributed by atoms with Gasteiger partial charge in [0, 0.05) is 36.2 Å². The van der Waals surface area contributed by atoms with E-state index in [1.54, 1.807) is 0 Å². The van der Waals surface area contributed by atoms with Crippen LogP contribution in [0.5, 0.6) is 0 Å². The van der Waals surface area contributed by atoms with E-state index in [4.69, 9.17) is 5.53 Å². The Kier molecular flexibility index (Phi) is 6.08. The van der Waals surface area contributed by atoms with Gasteiger partial charge in [-0.2, -0.15) is 0 Å². The predicted octanol–water partition coefficient (Wildman–Crippen LogP) is 3.19. The number of likely N-dealkylation sites (tertiary alicyclic amines) is 1. The number of azide groups is 1. The molecule has 2 atom stereocenters. The zero-order chi connectivity index (χ0) is 17.3. The lowest BCUT2D eigenvalue weighted by atomic mass is 10.2. The maximum Gasteiger partial charge on any atom is 0.0667 e. The molecule has 0 saturated carbocycles. The van der Waals surface area contributed by atoms with Crippen molar-refractivity contribution in [1.29, 1.82) is 0 Å². The van der Waals surface area contributed by atoms with E-state index in [1.165, 1.54) is 5.56 Å². The van der Waals surface area contributed by atoms with Crippen LogP contribution in [0.25, 0.3) is 10.4 Å². The van der Waals surface area contributed by atoms with Gasteiger partial charge >= 0.3 is 0 Å². The summed E-state index contributed by atoms with van der Waals surface area (Å²) in [6.07, 6.45) is 0. The van der Waals surface area contributed by atoms with E-state index in [-0.39, 0.29) is 12.1 Å². The van der Waals surface area contributed by atoms with Crippen molar-refractivity contribution >= 4 is 0 Å². The summed E-state index contributed by atoms with van der Waals surface area (Å²) >= 11 is 0. The third-order valence-electron chi connectivity index (χ3n) is 4.27. The SMILES string of the molecule is [N-]=[N+]=NC1CN(Cc2ccccc2)C[C@@H]1NCC#Cc1ccccc1. The van der Waals surface area contributed by atoms with Crippen LogP contribution < -0.4 is 5.32 Å². The highest BCUT2D eigenvalue weighted by molar-refractivity contribution is 5.33. The molecule has 1 saturated heterocycles. The standard InChI is InChI=1S/C20H21N5/c21-24-23-20-16-25(14-18-10-5-2-6-11-18)15-19(20)22-13-7-12-17-8-3-1-4-9-17/h1-6,8-11,19-20,22H,13-16H2/t19-,20?/m0/s1. The first-order valence-corrected chi connectivity index (χ1v) is 8.43. The second-order valence-electron chi connectivity index (χ2n) is 6.11. The molecule has 1 N–H and O–H groups in total. The van der Waals surface area contributed by atoms with Gasteiger partial charge in [-0.1, -0.05) is 65.5 Å². The van der Waals surface area contributed by atoms with Crippen LogP contribution in [0.4, 0.5) is 0 Å². The topological polar surface area (TPSA) is 64.0 Å². The van der Waals surface area contributed by atoms with Crippen molar-refractivity contribution in [3.05, 3.63) is 82.2 Å². The zero-order valence-electron chi connectivity index (χ0n) is 14.0. The molecule has 1 aliphatic heterocycles. The molecular weight excluding hydrogens is 310 g/mol. The smallest absolute Gasteiger partial charge is 0.0667 e. The van der Waals surface area contributed by atoms with Crippen molar-refractivity contribution in [1.82, 2.24) is 10.2 Å². The maximum absolute atomic E-state index is 8.82. The van der Waals surface area contributed by atoms with Gasteiger partial charge in [0.2, 0.25) is 0 Å². The van der Waals surface area contributed by atoms with Gasteiger partial charge in [-0.15, -0.1) is 0 Å². The summed E-state index contributed by atoms with van der Waals surface area (Å²) in [4.78, 5) is 5.32. The molecule has 3 rings (SSSR count). The molecule has 2 aromatic carbocycles. The molecule has 25 heavy (non-hydrogen) atoms. The molecule has 1 unspecified atom stereocenters. The number of nitrogens with one attached hydrogen (secondary N) is 1. The molecular formula is C20H21N5. The molecule has 0 spiro atoms. The first-order chi connectivity index (χ1) is 12.3. The van der Waals surface area contributed by atoms with Gasteiger partial charge in [-0.3, -0.25) is 4.90 Å². The Morgan fingerprint density at radius 3 is 2.52 bits per heavy atom. The van der Waals surface area contributed by atoms with Gasteiger partial charge in [0.1, 0.15) is 0 Å². The van der Waals surface area contributed by atoms with E-state index in [9.17, 15) is 0 Å². The van der Waals surface area contributed by atoms with Gasteiger partial charge in [-0.05, 0) is 23.2 Å². The van der Waals surface area contributed by atoms with E-state index >= 15 is 0 Å². The molecule has 5 heteroatoms. The lowest BCUT2D eigenvalue weighted by molar-refractivity contribution is 0.320. The first-order valence-electron chi connectivity index (χ1n) is 8.43. The highest BCUT2D eigenvalue weighted by Crippen LogP contribution is 2.17. The highest BCUT2D eigenvalue weighted by atomic mass is 15.3. The number of rotatable bonds is 5. The van der Waals surface area contributed by atoms with E-state index < -0.39 is 0 Å². The summed E-state index contributed by atoms with van der Waals surface area (Å²) < 4.78 is 0. The summed E-state index contributed by atoms with van der Waals surface area (Å²) in [5, 5.41) is 7.38. The Bertz CT molecular complexity index is 772. The molecule has 0 amide bonds. The van der Waals surface area contributed by atoms with E-state index in [0.717, 1.165) is 25.2 Å². The van der Waals surface area contributed by atoms with Crippen molar-refractivity contribution in [2.24, 2.45) is 5.11 Å². The largest absolute Gasteiger partial charge is 0.302 e. The fraction of sp³-hybridized carbons (Fsp3) is 0.300. The van der Waals surface area contributed by atoms with Crippen molar-refractivity contribution in [3.63, 3.8) is 0 Å². The molecule has 0 bridgehead atoms. The Hall–Kier alpha value is -2.77. The van der Waals surface area contributed by atoms with Crippen molar-refractivity contribution in [3.8, 4) is 11.8 Å². The lowest BCUT2D eigenvalue weighted by Gasteiger charge is -2.16. The van der Waals surface area contributed by atoms with Crippen LogP contribution in [0, 0.1) is 11.8 Å². The Morgan fingerprint density at radius 2 is 1.80 bits per heavy atom. The summed E-state index contributed by atoms with van der Waals surface area (Å²) in [6.45, 7) is 3.07. The molecule has 0 aliphatic carbocycles. The van der Waals surface area contributed by atoms with E-state index in [1.807, 2.05) is 48.5 Å². The van der Waals surface area contributed by atoms with Crippen molar-refractivity contribution in [2.45, 2.75) is 18.6 Å². The van der Waals surface area contributed by atoms with E-state index in [0.29, 0.717) is 6.54 Å². The quantitative estimate of drug-likeness (QED) is 0.396. The second kappa shape index (κ2) is 8.91. The first kappa shape index (κ1) is 17.1. The van der Waals surface area contributed by atoms with Crippen LogP contribution in [-0.4, -0.2) is 36.6 Å². The van der Waals surface area contributed by atoms with Crippen LogP contribution in [0.2, 0.25) is 0 Å². The third-order valence-corrected chi connectivity index (χ3v) is 4.27. The van der Waals surface area contributed by atoms with Crippen LogP contribution in [-0.2, 0) is 6.54 Å². The van der Waals surface area contributed by atoms with Gasteiger partial charge in [-0.25, -0.2) is 0 Å². The normalized spacial score (nSPS) is 19.7. The molecule has 1 aliphatic rings. The van der Waals surface area contributed by atoms with Gasteiger partial charge in [0.25, 0.3) is 0 Å². The fourth-order valence-electron chi connectivity index (χ4n) is 3.07. The van der Waals surface area contributed by atoms with Crippen LogP contribution in [0.1, 0.15) is 11.1 Å². The van der Waals surface area contributed by atoms with Gasteiger partial charge in [0.05, 0.1) is 12.6 Å².